The van der Waals surface area contributed by atoms with Gasteiger partial charge in [-0.2, -0.15) is 0 Å². The van der Waals surface area contributed by atoms with Crippen LogP contribution in [0.3, 0.4) is 0 Å². The third kappa shape index (κ3) is 5.73. The van der Waals surface area contributed by atoms with Crippen LogP contribution in [0.2, 0.25) is 0 Å². The molecule has 2 aliphatic rings. The Morgan fingerprint density at radius 3 is 1.47 bits per heavy atom. The molecule has 0 aliphatic carbocycles. The largest absolute Gasteiger partial charge is 0.311 e. The minimum atomic E-state index is -0.254. The maximum atomic E-state index is 15.9. The van der Waals surface area contributed by atoms with E-state index in [1.807, 2.05) is 24.3 Å². The summed E-state index contributed by atoms with van der Waals surface area (Å²) in [7, 11) is 0. The Morgan fingerprint density at radius 1 is 0.367 bits per heavy atom. The quantitative estimate of drug-likeness (QED) is 0.149. The van der Waals surface area contributed by atoms with Crippen molar-refractivity contribution in [2.24, 2.45) is 0 Å². The fraction of sp³-hybridized carbons (Fsp3) is 0.0182. The lowest BCUT2D eigenvalue weighted by Gasteiger charge is -2.45. The van der Waals surface area contributed by atoms with Gasteiger partial charge in [0.1, 0.15) is 5.82 Å². The van der Waals surface area contributed by atoms with E-state index in [-0.39, 0.29) is 12.5 Å². The molecule has 284 valence electrons. The van der Waals surface area contributed by atoms with E-state index in [9.17, 15) is 0 Å². The SMILES string of the molecule is Cc1ccccc1-c1ccccc1N1c2ccccc2B2c3ccc(N(c4ccccc4)c4ccccc4)cc3N(c3ccccc3-c3ccccc3F)c3cccc1c32. The van der Waals surface area contributed by atoms with Crippen molar-refractivity contribution in [1.29, 1.82) is 0 Å². The number of fused-ring (bicyclic) bond motifs is 4. The molecule has 0 amide bonds. The highest BCUT2D eigenvalue weighted by Crippen LogP contribution is 2.49. The van der Waals surface area contributed by atoms with Gasteiger partial charge in [0, 0.05) is 56.5 Å². The van der Waals surface area contributed by atoms with Crippen LogP contribution in [0.15, 0.2) is 218 Å². The van der Waals surface area contributed by atoms with Gasteiger partial charge in [-0.25, -0.2) is 4.39 Å². The molecule has 0 spiro atoms. The first-order valence-electron chi connectivity index (χ1n) is 20.5. The Balaban J connectivity index is 1.20. The summed E-state index contributed by atoms with van der Waals surface area (Å²) in [6.45, 7) is 2.11. The van der Waals surface area contributed by atoms with Gasteiger partial charge in [0.15, 0.2) is 0 Å². The second-order valence-corrected chi connectivity index (χ2v) is 15.5. The molecule has 0 atom stereocenters. The summed E-state index contributed by atoms with van der Waals surface area (Å²) in [6, 6.07) is 76.2. The molecule has 3 nitrogen and oxygen atoms in total. The summed E-state index contributed by atoms with van der Waals surface area (Å²) in [4.78, 5) is 7.15. The summed E-state index contributed by atoms with van der Waals surface area (Å²) >= 11 is 0. The molecule has 9 aromatic rings. The fourth-order valence-corrected chi connectivity index (χ4v) is 9.48. The fourth-order valence-electron chi connectivity index (χ4n) is 9.48. The monoisotopic (exact) mass is 771 g/mol. The van der Waals surface area contributed by atoms with Crippen LogP contribution in [0, 0.1) is 12.7 Å². The highest BCUT2D eigenvalue weighted by molar-refractivity contribution is 7.00. The molecular formula is C55H39BFN3. The van der Waals surface area contributed by atoms with Crippen LogP contribution in [-0.4, -0.2) is 6.71 Å². The number of rotatable bonds is 7. The van der Waals surface area contributed by atoms with E-state index in [4.69, 9.17) is 0 Å². The Bertz CT molecular complexity index is 3020. The van der Waals surface area contributed by atoms with E-state index in [1.165, 1.54) is 33.1 Å². The summed E-state index contributed by atoms with van der Waals surface area (Å²) < 4.78 is 15.9. The van der Waals surface area contributed by atoms with Crippen LogP contribution in [0.5, 0.6) is 0 Å². The Morgan fingerprint density at radius 2 is 0.833 bits per heavy atom. The second-order valence-electron chi connectivity index (χ2n) is 15.5. The van der Waals surface area contributed by atoms with Crippen LogP contribution in [0.1, 0.15) is 5.56 Å². The van der Waals surface area contributed by atoms with Crippen LogP contribution in [0.25, 0.3) is 22.3 Å². The summed E-state index contributed by atoms with van der Waals surface area (Å²) in [6.07, 6.45) is 0. The van der Waals surface area contributed by atoms with Crippen molar-refractivity contribution in [1.82, 2.24) is 0 Å². The van der Waals surface area contributed by atoms with Gasteiger partial charge in [-0.05, 0) is 107 Å². The molecule has 2 aliphatic heterocycles. The number of halogens is 1. The number of hydrogen-bond donors (Lipinski definition) is 0. The van der Waals surface area contributed by atoms with Gasteiger partial charge in [0.25, 0.3) is 6.71 Å². The van der Waals surface area contributed by atoms with Gasteiger partial charge >= 0.3 is 0 Å². The van der Waals surface area contributed by atoms with Crippen LogP contribution in [-0.2, 0) is 0 Å². The minimum absolute atomic E-state index is 0.0721. The molecule has 0 radical (unpaired) electrons. The maximum Gasteiger partial charge on any atom is 0.252 e. The summed E-state index contributed by atoms with van der Waals surface area (Å²) in [5.74, 6) is -0.254. The third-order valence-electron chi connectivity index (χ3n) is 12.1. The molecule has 0 aromatic heterocycles. The summed E-state index contributed by atoms with van der Waals surface area (Å²) in [5.41, 5.74) is 18.2. The van der Waals surface area contributed by atoms with Crippen molar-refractivity contribution >= 4 is 74.3 Å². The number of para-hydroxylation sites is 5. The first-order chi connectivity index (χ1) is 29.7. The highest BCUT2D eigenvalue weighted by atomic mass is 19.1. The number of anilines is 9. The van der Waals surface area contributed by atoms with Crippen molar-refractivity contribution < 1.29 is 4.39 Å². The Kier molecular flexibility index (Phi) is 8.67. The molecule has 11 rings (SSSR count). The molecular weight excluding hydrogens is 732 g/mol. The number of benzene rings is 9. The van der Waals surface area contributed by atoms with Gasteiger partial charge in [0.2, 0.25) is 0 Å². The zero-order valence-corrected chi connectivity index (χ0v) is 33.1. The molecule has 60 heavy (non-hydrogen) atoms. The van der Waals surface area contributed by atoms with Gasteiger partial charge in [0.05, 0.1) is 11.4 Å². The lowest BCUT2D eigenvalue weighted by Crippen LogP contribution is -2.61. The van der Waals surface area contributed by atoms with E-state index in [2.05, 4.69) is 204 Å². The first-order valence-corrected chi connectivity index (χ1v) is 20.5. The smallest absolute Gasteiger partial charge is 0.252 e. The normalized spacial score (nSPS) is 12.4. The van der Waals surface area contributed by atoms with Crippen molar-refractivity contribution in [3.05, 3.63) is 230 Å². The van der Waals surface area contributed by atoms with Gasteiger partial charge < -0.3 is 14.7 Å². The zero-order chi connectivity index (χ0) is 40.2. The van der Waals surface area contributed by atoms with Crippen LogP contribution >= 0.6 is 0 Å². The average molecular weight is 772 g/mol. The van der Waals surface area contributed by atoms with Crippen molar-refractivity contribution in [3.8, 4) is 22.3 Å². The van der Waals surface area contributed by atoms with Gasteiger partial charge in [-0.1, -0.05) is 146 Å². The van der Waals surface area contributed by atoms with E-state index in [1.54, 1.807) is 12.1 Å². The van der Waals surface area contributed by atoms with Crippen molar-refractivity contribution in [2.75, 3.05) is 14.7 Å². The molecule has 5 heteroatoms. The third-order valence-corrected chi connectivity index (χ3v) is 12.1. The molecule has 2 heterocycles. The predicted octanol–water partition coefficient (Wildman–Crippen LogP) is 13.0. The summed E-state index contributed by atoms with van der Waals surface area (Å²) in [5, 5.41) is 0. The predicted molar refractivity (Wildman–Crippen MR) is 251 cm³/mol. The van der Waals surface area contributed by atoms with Crippen LogP contribution in [0.4, 0.5) is 55.6 Å². The van der Waals surface area contributed by atoms with Gasteiger partial charge in [-0.3, -0.25) is 0 Å². The number of nitrogens with zero attached hydrogens (tertiary/aromatic N) is 3. The van der Waals surface area contributed by atoms with Crippen LogP contribution < -0.4 is 31.1 Å². The van der Waals surface area contributed by atoms with Crippen molar-refractivity contribution in [3.63, 3.8) is 0 Å². The van der Waals surface area contributed by atoms with E-state index < -0.39 is 0 Å². The topological polar surface area (TPSA) is 9.72 Å². The van der Waals surface area contributed by atoms with Crippen molar-refractivity contribution in [2.45, 2.75) is 6.92 Å². The number of aryl methyl sites for hydroxylation is 1. The standard InChI is InChI=1S/C55H39BFN3/c1-38-19-8-9-24-42(38)44-26-11-15-30-49(44)59-51-32-17-13-28-46(51)56-47-36-35-41(58(39-20-4-2-5-21-39)40-22-6-3-7-23-40)37-54(47)60(53-34-18-33-52(59)55(53)56)50-31-16-12-27-45(50)43-25-10-14-29-48(43)57/h2-37H,1H3. The van der Waals surface area contributed by atoms with Gasteiger partial charge in [-0.15, -0.1) is 0 Å². The maximum absolute atomic E-state index is 15.9. The van der Waals surface area contributed by atoms with E-state index >= 15 is 4.39 Å². The van der Waals surface area contributed by atoms with E-state index in [0.29, 0.717) is 5.56 Å². The minimum Gasteiger partial charge on any atom is -0.311 e. The lowest BCUT2D eigenvalue weighted by molar-refractivity contribution is 0.631. The molecule has 0 N–H and O–H groups in total. The number of hydrogen-bond acceptors (Lipinski definition) is 3. The first kappa shape index (κ1) is 35.5. The zero-order valence-electron chi connectivity index (χ0n) is 33.1. The Labute approximate surface area is 351 Å². The molecule has 0 unspecified atom stereocenters. The van der Waals surface area contributed by atoms with E-state index in [0.717, 1.165) is 56.7 Å². The Hall–Kier alpha value is -7.63. The second kappa shape index (κ2) is 14.6. The molecule has 0 saturated carbocycles. The average Bonchev–Trinajstić information content (AvgIpc) is 3.30. The highest BCUT2D eigenvalue weighted by Gasteiger charge is 2.44. The molecule has 0 bridgehead atoms. The molecule has 0 fully saturated rings. The molecule has 0 saturated heterocycles. The lowest BCUT2D eigenvalue weighted by atomic mass is 9.33. The molecule has 9 aromatic carbocycles.